The molecule has 10 heteroatoms. The van der Waals surface area contributed by atoms with Gasteiger partial charge in [0.25, 0.3) is 17.0 Å². The van der Waals surface area contributed by atoms with E-state index < -0.39 is 0 Å². The molecule has 31 heavy (non-hydrogen) atoms. The van der Waals surface area contributed by atoms with Gasteiger partial charge in [0, 0.05) is 7.05 Å². The lowest BCUT2D eigenvalue weighted by atomic mass is 10.1. The number of carbonyl (C=O) groups is 2. The number of benzene rings is 1. The van der Waals surface area contributed by atoms with Crippen LogP contribution in [0, 0.1) is 0 Å². The van der Waals surface area contributed by atoms with Crippen molar-refractivity contribution in [3.63, 3.8) is 0 Å². The second kappa shape index (κ2) is 9.63. The summed E-state index contributed by atoms with van der Waals surface area (Å²) in [5.41, 5.74) is 0.905. The summed E-state index contributed by atoms with van der Waals surface area (Å²) < 4.78 is 10.8. The molecular formula is C21H18N4O4S2. The Hall–Kier alpha value is -3.37. The van der Waals surface area contributed by atoms with Crippen LogP contribution >= 0.6 is 23.1 Å². The zero-order valence-corrected chi connectivity index (χ0v) is 18.1. The molecule has 0 aliphatic rings. The van der Waals surface area contributed by atoms with Crippen LogP contribution in [0.3, 0.4) is 0 Å². The Morgan fingerprint density at radius 2 is 2.00 bits per heavy atom. The highest BCUT2D eigenvalue weighted by atomic mass is 32.2. The summed E-state index contributed by atoms with van der Waals surface area (Å²) in [6.45, 7) is 0.261. The molecule has 0 spiro atoms. The van der Waals surface area contributed by atoms with Gasteiger partial charge in [-0.2, -0.15) is 0 Å². The minimum atomic E-state index is -0.295. The van der Waals surface area contributed by atoms with Crippen molar-refractivity contribution >= 4 is 40.6 Å². The lowest BCUT2D eigenvalue weighted by Crippen LogP contribution is -2.31. The average Bonchev–Trinajstić information content (AvgIpc) is 3.57. The maximum Gasteiger partial charge on any atom is 0.277 e. The molecule has 0 aliphatic carbocycles. The van der Waals surface area contributed by atoms with Crippen molar-refractivity contribution in [3.05, 3.63) is 71.5 Å². The first-order valence-electron chi connectivity index (χ1n) is 9.28. The van der Waals surface area contributed by atoms with Crippen molar-refractivity contribution in [1.82, 2.24) is 15.5 Å². The lowest BCUT2D eigenvalue weighted by molar-refractivity contribution is -0.115. The first kappa shape index (κ1) is 20.9. The number of nitrogens with zero attached hydrogens (tertiary/aromatic N) is 3. The molecule has 0 saturated carbocycles. The standard InChI is InChI=1S/C21H18N4O4S2/c1-25(18(26)13-31-21-24-23-20(29-21)17-9-5-11-30-17)16-8-3-2-7-15(16)19(27)22-12-14-6-4-10-28-14/h2-11H,12-13H2,1H3,(H,22,27). The van der Waals surface area contributed by atoms with E-state index in [1.54, 1.807) is 49.7 Å². The van der Waals surface area contributed by atoms with E-state index in [0.29, 0.717) is 28.1 Å². The summed E-state index contributed by atoms with van der Waals surface area (Å²) in [4.78, 5) is 27.7. The van der Waals surface area contributed by atoms with E-state index in [2.05, 4.69) is 15.5 Å². The number of amides is 2. The Kier molecular flexibility index (Phi) is 6.48. The predicted octanol–water partition coefficient (Wildman–Crippen LogP) is 4.08. The number of aromatic nitrogens is 2. The number of thioether (sulfide) groups is 1. The first-order valence-corrected chi connectivity index (χ1v) is 11.1. The van der Waals surface area contributed by atoms with Crippen LogP contribution in [0.1, 0.15) is 16.1 Å². The highest BCUT2D eigenvalue weighted by Gasteiger charge is 2.20. The number of rotatable bonds is 8. The molecule has 3 aromatic heterocycles. The molecule has 0 saturated heterocycles. The summed E-state index contributed by atoms with van der Waals surface area (Å²) in [5, 5.41) is 13.0. The van der Waals surface area contributed by atoms with Crippen LogP contribution in [-0.2, 0) is 11.3 Å². The molecule has 2 amide bonds. The second-order valence-corrected chi connectivity index (χ2v) is 8.25. The van der Waals surface area contributed by atoms with Gasteiger partial charge >= 0.3 is 0 Å². The van der Waals surface area contributed by atoms with Gasteiger partial charge < -0.3 is 19.1 Å². The number of furan rings is 1. The molecule has 4 rings (SSSR count). The average molecular weight is 455 g/mol. The van der Waals surface area contributed by atoms with Gasteiger partial charge in [-0.25, -0.2) is 0 Å². The predicted molar refractivity (Wildman–Crippen MR) is 118 cm³/mol. The summed E-state index contributed by atoms with van der Waals surface area (Å²) in [5.74, 6) is 0.666. The van der Waals surface area contributed by atoms with Crippen LogP contribution in [0.2, 0.25) is 0 Å². The largest absolute Gasteiger partial charge is 0.467 e. The molecule has 4 aromatic rings. The third-order valence-electron chi connectivity index (χ3n) is 4.34. The van der Waals surface area contributed by atoms with Gasteiger partial charge in [-0.05, 0) is 35.7 Å². The SMILES string of the molecule is CN(C(=O)CSc1nnc(-c2cccs2)o1)c1ccccc1C(=O)NCc1ccco1. The summed E-state index contributed by atoms with van der Waals surface area (Å²) in [7, 11) is 1.63. The normalized spacial score (nSPS) is 10.7. The van der Waals surface area contributed by atoms with Gasteiger partial charge in [0.1, 0.15) is 5.76 Å². The minimum absolute atomic E-state index is 0.0882. The maximum atomic E-state index is 12.7. The summed E-state index contributed by atoms with van der Waals surface area (Å²) >= 11 is 2.65. The molecule has 0 radical (unpaired) electrons. The Morgan fingerprint density at radius 1 is 1.13 bits per heavy atom. The fraction of sp³-hybridized carbons (Fsp3) is 0.143. The van der Waals surface area contributed by atoms with Crippen molar-refractivity contribution < 1.29 is 18.4 Å². The molecule has 3 heterocycles. The molecule has 0 aliphatic heterocycles. The van der Waals surface area contributed by atoms with Crippen molar-refractivity contribution in [3.8, 4) is 10.8 Å². The number of para-hydroxylation sites is 1. The molecule has 0 fully saturated rings. The fourth-order valence-electron chi connectivity index (χ4n) is 2.76. The fourth-order valence-corrected chi connectivity index (χ4v) is 4.08. The zero-order chi connectivity index (χ0) is 21.6. The Balaban J connectivity index is 1.39. The molecule has 0 bridgehead atoms. The van der Waals surface area contributed by atoms with E-state index in [4.69, 9.17) is 8.83 Å². The van der Waals surface area contributed by atoms with Crippen LogP contribution < -0.4 is 10.2 Å². The van der Waals surface area contributed by atoms with Gasteiger partial charge in [-0.15, -0.1) is 21.5 Å². The number of thiophene rings is 1. The number of hydrogen-bond donors (Lipinski definition) is 1. The minimum Gasteiger partial charge on any atom is -0.467 e. The van der Waals surface area contributed by atoms with Crippen molar-refractivity contribution in [2.45, 2.75) is 11.8 Å². The molecule has 158 valence electrons. The molecule has 1 N–H and O–H groups in total. The van der Waals surface area contributed by atoms with Crippen LogP contribution in [0.15, 0.2) is 74.2 Å². The molecule has 0 unspecified atom stereocenters. The molecule has 1 aromatic carbocycles. The number of anilines is 1. The number of hydrogen-bond acceptors (Lipinski definition) is 8. The van der Waals surface area contributed by atoms with Gasteiger partial charge in [0.2, 0.25) is 5.91 Å². The van der Waals surface area contributed by atoms with Crippen molar-refractivity contribution in [1.29, 1.82) is 0 Å². The van der Waals surface area contributed by atoms with Crippen LogP contribution in [0.4, 0.5) is 5.69 Å². The molecular weight excluding hydrogens is 436 g/mol. The monoisotopic (exact) mass is 454 g/mol. The van der Waals surface area contributed by atoms with E-state index in [0.717, 1.165) is 16.6 Å². The van der Waals surface area contributed by atoms with Crippen molar-refractivity contribution in [2.24, 2.45) is 0 Å². The number of nitrogens with one attached hydrogen (secondary N) is 1. The Labute approximate surface area is 186 Å². The molecule has 0 atom stereocenters. The third-order valence-corrected chi connectivity index (χ3v) is 6.01. The van der Waals surface area contributed by atoms with Crippen LogP contribution in [0.5, 0.6) is 0 Å². The van der Waals surface area contributed by atoms with Crippen LogP contribution in [-0.4, -0.2) is 34.8 Å². The van der Waals surface area contributed by atoms with Gasteiger partial charge in [-0.3, -0.25) is 9.59 Å². The van der Waals surface area contributed by atoms with E-state index in [-0.39, 0.29) is 24.1 Å². The zero-order valence-electron chi connectivity index (χ0n) is 16.5. The highest BCUT2D eigenvalue weighted by molar-refractivity contribution is 7.99. The maximum absolute atomic E-state index is 12.7. The Morgan fingerprint density at radius 3 is 2.77 bits per heavy atom. The molecule has 8 nitrogen and oxygen atoms in total. The van der Waals surface area contributed by atoms with Crippen molar-refractivity contribution in [2.75, 3.05) is 17.7 Å². The number of carbonyl (C=O) groups excluding carboxylic acids is 2. The van der Waals surface area contributed by atoms with Gasteiger partial charge in [0.15, 0.2) is 0 Å². The lowest BCUT2D eigenvalue weighted by Gasteiger charge is -2.20. The summed E-state index contributed by atoms with van der Waals surface area (Å²) in [6, 6.07) is 14.3. The second-order valence-electron chi connectivity index (χ2n) is 6.37. The van der Waals surface area contributed by atoms with Gasteiger partial charge in [-0.1, -0.05) is 30.0 Å². The van der Waals surface area contributed by atoms with E-state index in [9.17, 15) is 9.59 Å². The topological polar surface area (TPSA) is 101 Å². The summed E-state index contributed by atoms with van der Waals surface area (Å²) in [6.07, 6.45) is 1.55. The van der Waals surface area contributed by atoms with Gasteiger partial charge in [0.05, 0.1) is 34.7 Å². The smallest absolute Gasteiger partial charge is 0.277 e. The first-order chi connectivity index (χ1) is 15.1. The Bertz CT molecular complexity index is 1160. The quantitative estimate of drug-likeness (QED) is 0.400. The third kappa shape index (κ3) is 5.04. The van der Waals surface area contributed by atoms with E-state index in [1.165, 1.54) is 16.2 Å². The highest BCUT2D eigenvalue weighted by Crippen LogP contribution is 2.27. The van der Waals surface area contributed by atoms with E-state index in [1.807, 2.05) is 17.5 Å². The van der Waals surface area contributed by atoms with Crippen LogP contribution in [0.25, 0.3) is 10.8 Å². The van der Waals surface area contributed by atoms with E-state index >= 15 is 0 Å².